The van der Waals surface area contributed by atoms with Gasteiger partial charge < -0.3 is 0 Å². The van der Waals surface area contributed by atoms with Crippen LogP contribution in [0.15, 0.2) is 23.2 Å². The summed E-state index contributed by atoms with van der Waals surface area (Å²) in [6.07, 6.45) is 1.03. The van der Waals surface area contributed by atoms with E-state index in [9.17, 15) is 0 Å². The molecule has 1 aliphatic rings. The van der Waals surface area contributed by atoms with Gasteiger partial charge >= 0.3 is 0 Å². The highest BCUT2D eigenvalue weighted by Crippen LogP contribution is 2.34. The average molecular weight is 215 g/mol. The van der Waals surface area contributed by atoms with Crippen LogP contribution in [0.5, 0.6) is 0 Å². The number of fused-ring (bicyclic) bond motifs is 1. The van der Waals surface area contributed by atoms with Gasteiger partial charge in [0, 0.05) is 17.5 Å². The lowest BCUT2D eigenvalue weighted by atomic mass is 9.87. The van der Waals surface area contributed by atoms with Crippen molar-refractivity contribution in [1.29, 1.82) is 0 Å². The van der Waals surface area contributed by atoms with Crippen molar-refractivity contribution in [2.45, 2.75) is 47.0 Å². The van der Waals surface area contributed by atoms with Crippen LogP contribution >= 0.6 is 0 Å². The number of hydrogen-bond acceptors (Lipinski definition) is 1. The Kier molecular flexibility index (Phi) is 2.65. The minimum absolute atomic E-state index is 0.191. The van der Waals surface area contributed by atoms with Crippen molar-refractivity contribution >= 4 is 11.4 Å². The number of benzene rings is 1. The Morgan fingerprint density at radius 1 is 1.19 bits per heavy atom. The summed E-state index contributed by atoms with van der Waals surface area (Å²) in [4.78, 5) is 4.78. The van der Waals surface area contributed by atoms with E-state index in [2.05, 4.69) is 52.8 Å². The standard InChI is InChI=1S/C15H21N/c1-10(2)11-6-7-12-9-14(15(3,4)5)16-13(12)8-11/h6-8,10H,9H2,1-5H3. The lowest BCUT2D eigenvalue weighted by Gasteiger charge is -2.17. The summed E-state index contributed by atoms with van der Waals surface area (Å²) in [5.41, 5.74) is 5.46. The molecule has 0 saturated carbocycles. The van der Waals surface area contributed by atoms with Crippen molar-refractivity contribution in [3.8, 4) is 0 Å². The van der Waals surface area contributed by atoms with Gasteiger partial charge in [-0.2, -0.15) is 0 Å². The van der Waals surface area contributed by atoms with Gasteiger partial charge in [0.2, 0.25) is 0 Å². The van der Waals surface area contributed by atoms with Crippen molar-refractivity contribution in [3.05, 3.63) is 29.3 Å². The molecule has 0 radical (unpaired) electrons. The predicted molar refractivity (Wildman–Crippen MR) is 70.8 cm³/mol. The van der Waals surface area contributed by atoms with Crippen LogP contribution < -0.4 is 0 Å². The van der Waals surface area contributed by atoms with Crippen molar-refractivity contribution in [3.63, 3.8) is 0 Å². The summed E-state index contributed by atoms with van der Waals surface area (Å²) >= 11 is 0. The summed E-state index contributed by atoms with van der Waals surface area (Å²) < 4.78 is 0. The Labute approximate surface area is 98.6 Å². The Hall–Kier alpha value is -1.11. The molecule has 0 aromatic heterocycles. The van der Waals surface area contributed by atoms with Gasteiger partial charge in [0.1, 0.15) is 0 Å². The van der Waals surface area contributed by atoms with Gasteiger partial charge in [0.15, 0.2) is 0 Å². The molecule has 0 amide bonds. The maximum absolute atomic E-state index is 4.78. The summed E-state index contributed by atoms with van der Waals surface area (Å²) in [6, 6.07) is 6.73. The van der Waals surface area contributed by atoms with E-state index in [-0.39, 0.29) is 5.41 Å². The zero-order valence-corrected chi connectivity index (χ0v) is 11.0. The quantitative estimate of drug-likeness (QED) is 0.654. The number of hydrogen-bond donors (Lipinski definition) is 0. The summed E-state index contributed by atoms with van der Waals surface area (Å²) in [7, 11) is 0. The molecule has 86 valence electrons. The minimum Gasteiger partial charge on any atom is -0.257 e. The molecular weight excluding hydrogens is 194 g/mol. The normalized spacial score (nSPS) is 15.2. The largest absolute Gasteiger partial charge is 0.257 e. The molecule has 1 heteroatoms. The molecular formula is C15H21N. The third kappa shape index (κ3) is 2.04. The first-order valence-electron chi connectivity index (χ1n) is 6.09. The smallest absolute Gasteiger partial charge is 0.0668 e. The van der Waals surface area contributed by atoms with E-state index in [0.717, 1.165) is 6.42 Å². The molecule has 0 saturated heterocycles. The van der Waals surface area contributed by atoms with Crippen LogP contribution in [0.3, 0.4) is 0 Å². The average Bonchev–Trinajstić information content (AvgIpc) is 2.58. The SMILES string of the molecule is CC(C)c1ccc2c(c1)N=C(C(C)(C)C)C2. The Bertz CT molecular complexity index is 433. The maximum Gasteiger partial charge on any atom is 0.0668 e. The van der Waals surface area contributed by atoms with Crippen LogP contribution in [0.4, 0.5) is 5.69 Å². The number of rotatable bonds is 1. The fourth-order valence-corrected chi connectivity index (χ4v) is 1.99. The van der Waals surface area contributed by atoms with E-state index in [4.69, 9.17) is 4.99 Å². The Balaban J connectivity index is 2.37. The maximum atomic E-state index is 4.78. The Morgan fingerprint density at radius 3 is 2.44 bits per heavy atom. The van der Waals surface area contributed by atoms with Gasteiger partial charge in [-0.15, -0.1) is 0 Å². The lowest BCUT2D eigenvalue weighted by Crippen LogP contribution is -2.19. The van der Waals surface area contributed by atoms with Crippen LogP contribution in [-0.4, -0.2) is 5.71 Å². The van der Waals surface area contributed by atoms with Crippen LogP contribution in [0.1, 0.15) is 51.7 Å². The van der Waals surface area contributed by atoms with Gasteiger partial charge in [-0.25, -0.2) is 0 Å². The van der Waals surface area contributed by atoms with Gasteiger partial charge in [0.25, 0.3) is 0 Å². The molecule has 16 heavy (non-hydrogen) atoms. The number of aliphatic imine (C=N–C) groups is 1. The molecule has 0 unspecified atom stereocenters. The van der Waals surface area contributed by atoms with Gasteiger partial charge in [-0.05, 0) is 23.1 Å². The predicted octanol–water partition coefficient (Wildman–Crippen LogP) is 4.48. The first-order chi connectivity index (χ1) is 7.38. The molecule has 0 fully saturated rings. The molecule has 1 nitrogen and oxygen atoms in total. The molecule has 1 heterocycles. The van der Waals surface area contributed by atoms with E-state index in [1.54, 1.807) is 0 Å². The van der Waals surface area contributed by atoms with E-state index < -0.39 is 0 Å². The third-order valence-electron chi connectivity index (χ3n) is 3.26. The highest BCUT2D eigenvalue weighted by atomic mass is 14.8. The molecule has 0 N–H and O–H groups in total. The third-order valence-corrected chi connectivity index (χ3v) is 3.26. The first kappa shape index (κ1) is 11.4. The van der Waals surface area contributed by atoms with Crippen LogP contribution in [0.25, 0.3) is 0 Å². The van der Waals surface area contributed by atoms with Crippen LogP contribution in [0, 0.1) is 5.41 Å². The lowest BCUT2D eigenvalue weighted by molar-refractivity contribution is 0.584. The fraction of sp³-hybridized carbons (Fsp3) is 0.533. The van der Waals surface area contributed by atoms with Crippen LogP contribution in [0.2, 0.25) is 0 Å². The Morgan fingerprint density at radius 2 is 1.88 bits per heavy atom. The second-order valence-electron chi connectivity index (χ2n) is 6.03. The first-order valence-corrected chi connectivity index (χ1v) is 6.09. The van der Waals surface area contributed by atoms with E-state index in [1.165, 1.54) is 22.5 Å². The monoisotopic (exact) mass is 215 g/mol. The molecule has 0 atom stereocenters. The topological polar surface area (TPSA) is 12.4 Å². The molecule has 0 aliphatic carbocycles. The highest BCUT2D eigenvalue weighted by molar-refractivity contribution is 5.97. The van der Waals surface area contributed by atoms with E-state index >= 15 is 0 Å². The van der Waals surface area contributed by atoms with Gasteiger partial charge in [-0.3, -0.25) is 4.99 Å². The zero-order valence-electron chi connectivity index (χ0n) is 11.0. The summed E-state index contributed by atoms with van der Waals surface area (Å²) in [5.74, 6) is 0.583. The van der Waals surface area contributed by atoms with E-state index in [0.29, 0.717) is 5.92 Å². The van der Waals surface area contributed by atoms with E-state index in [1.807, 2.05) is 0 Å². The van der Waals surface area contributed by atoms with Gasteiger partial charge in [0.05, 0.1) is 5.69 Å². The summed E-state index contributed by atoms with van der Waals surface area (Å²) in [5, 5.41) is 0. The second-order valence-corrected chi connectivity index (χ2v) is 6.03. The molecule has 0 bridgehead atoms. The molecule has 1 aromatic rings. The van der Waals surface area contributed by atoms with Crippen molar-refractivity contribution in [2.75, 3.05) is 0 Å². The summed E-state index contributed by atoms with van der Waals surface area (Å²) in [6.45, 7) is 11.2. The van der Waals surface area contributed by atoms with Gasteiger partial charge in [-0.1, -0.05) is 46.8 Å². The molecule has 1 aromatic carbocycles. The highest BCUT2D eigenvalue weighted by Gasteiger charge is 2.25. The van der Waals surface area contributed by atoms with Crippen molar-refractivity contribution < 1.29 is 0 Å². The fourth-order valence-electron chi connectivity index (χ4n) is 1.99. The van der Waals surface area contributed by atoms with Crippen molar-refractivity contribution in [1.82, 2.24) is 0 Å². The molecule has 0 spiro atoms. The van der Waals surface area contributed by atoms with Crippen molar-refractivity contribution in [2.24, 2.45) is 10.4 Å². The molecule has 2 rings (SSSR count). The zero-order chi connectivity index (χ0) is 11.9. The van der Waals surface area contributed by atoms with Crippen LogP contribution in [-0.2, 0) is 6.42 Å². The minimum atomic E-state index is 0.191. The number of nitrogens with zero attached hydrogens (tertiary/aromatic N) is 1. The second kappa shape index (κ2) is 3.73. The molecule has 1 aliphatic heterocycles.